The lowest BCUT2D eigenvalue weighted by Crippen LogP contribution is -2.29. The molecular weight excluding hydrogens is 208 g/mol. The molecule has 1 unspecified atom stereocenters. The number of imide groups is 1. The SMILES string of the molecule is COc1cccc(NC2CC(=O)NC2=O)c1. The highest BCUT2D eigenvalue weighted by Gasteiger charge is 2.30. The third-order valence-electron chi connectivity index (χ3n) is 2.38. The number of methoxy groups -OCH3 is 1. The van der Waals surface area contributed by atoms with Gasteiger partial charge in [0, 0.05) is 11.8 Å². The maximum Gasteiger partial charge on any atom is 0.249 e. The van der Waals surface area contributed by atoms with Crippen LogP contribution in [0, 0.1) is 0 Å². The summed E-state index contributed by atoms with van der Waals surface area (Å²) in [7, 11) is 1.57. The molecule has 1 aromatic carbocycles. The summed E-state index contributed by atoms with van der Waals surface area (Å²) in [5.74, 6) is 0.174. The quantitative estimate of drug-likeness (QED) is 0.729. The molecule has 5 heteroatoms. The first-order valence-electron chi connectivity index (χ1n) is 4.93. The number of ether oxygens (including phenoxy) is 1. The van der Waals surface area contributed by atoms with Gasteiger partial charge >= 0.3 is 0 Å². The molecule has 0 saturated carbocycles. The van der Waals surface area contributed by atoms with Crippen LogP contribution in [0.3, 0.4) is 0 Å². The van der Waals surface area contributed by atoms with Gasteiger partial charge in [-0.2, -0.15) is 0 Å². The minimum Gasteiger partial charge on any atom is -0.497 e. The van der Waals surface area contributed by atoms with Crippen molar-refractivity contribution >= 4 is 17.5 Å². The number of carbonyl (C=O) groups is 2. The van der Waals surface area contributed by atoms with Gasteiger partial charge in [-0.3, -0.25) is 14.9 Å². The average molecular weight is 220 g/mol. The number of rotatable bonds is 3. The Morgan fingerprint density at radius 2 is 2.25 bits per heavy atom. The number of carbonyl (C=O) groups excluding carboxylic acids is 2. The van der Waals surface area contributed by atoms with E-state index >= 15 is 0 Å². The second-order valence-electron chi connectivity index (χ2n) is 3.55. The van der Waals surface area contributed by atoms with E-state index in [0.717, 1.165) is 5.69 Å². The number of amides is 2. The molecule has 84 valence electrons. The van der Waals surface area contributed by atoms with E-state index in [0.29, 0.717) is 5.75 Å². The summed E-state index contributed by atoms with van der Waals surface area (Å²) < 4.78 is 5.06. The number of anilines is 1. The normalized spacial score (nSPS) is 19.4. The van der Waals surface area contributed by atoms with Crippen molar-refractivity contribution in [3.8, 4) is 5.75 Å². The fourth-order valence-electron chi connectivity index (χ4n) is 1.58. The van der Waals surface area contributed by atoms with E-state index in [1.54, 1.807) is 13.2 Å². The van der Waals surface area contributed by atoms with Gasteiger partial charge in [0.1, 0.15) is 11.8 Å². The summed E-state index contributed by atoms with van der Waals surface area (Å²) in [6.07, 6.45) is 0.177. The molecular formula is C11H12N2O3. The highest BCUT2D eigenvalue weighted by molar-refractivity contribution is 6.06. The Bertz CT molecular complexity index is 431. The Hall–Kier alpha value is -2.04. The van der Waals surface area contributed by atoms with Crippen LogP contribution in [-0.4, -0.2) is 25.0 Å². The Morgan fingerprint density at radius 3 is 2.88 bits per heavy atom. The molecule has 0 aromatic heterocycles. The van der Waals surface area contributed by atoms with E-state index in [4.69, 9.17) is 4.74 Å². The molecule has 0 radical (unpaired) electrons. The maximum atomic E-state index is 11.3. The highest BCUT2D eigenvalue weighted by Crippen LogP contribution is 2.19. The van der Waals surface area contributed by atoms with Crippen LogP contribution in [-0.2, 0) is 9.59 Å². The molecule has 2 amide bonds. The first kappa shape index (κ1) is 10.5. The molecule has 16 heavy (non-hydrogen) atoms. The molecule has 1 aliphatic rings. The van der Waals surface area contributed by atoms with Gasteiger partial charge in [0.25, 0.3) is 0 Å². The van der Waals surface area contributed by atoms with Crippen molar-refractivity contribution in [3.05, 3.63) is 24.3 Å². The number of hydrogen-bond acceptors (Lipinski definition) is 4. The van der Waals surface area contributed by atoms with Crippen LogP contribution < -0.4 is 15.4 Å². The largest absolute Gasteiger partial charge is 0.497 e. The van der Waals surface area contributed by atoms with E-state index in [1.807, 2.05) is 18.2 Å². The lowest BCUT2D eigenvalue weighted by molar-refractivity contribution is -0.124. The minimum absolute atomic E-state index is 0.177. The Labute approximate surface area is 92.8 Å². The molecule has 2 N–H and O–H groups in total. The molecule has 5 nitrogen and oxygen atoms in total. The number of hydrogen-bond donors (Lipinski definition) is 2. The first-order chi connectivity index (χ1) is 7.69. The highest BCUT2D eigenvalue weighted by atomic mass is 16.5. The van der Waals surface area contributed by atoms with E-state index in [9.17, 15) is 9.59 Å². The molecule has 2 rings (SSSR count). The van der Waals surface area contributed by atoms with E-state index in [2.05, 4.69) is 10.6 Å². The van der Waals surface area contributed by atoms with Crippen LogP contribution in [0.25, 0.3) is 0 Å². The lowest BCUT2D eigenvalue weighted by Gasteiger charge is -2.11. The zero-order valence-electron chi connectivity index (χ0n) is 8.82. The van der Waals surface area contributed by atoms with Gasteiger partial charge in [0.15, 0.2) is 0 Å². The Morgan fingerprint density at radius 1 is 1.44 bits per heavy atom. The lowest BCUT2D eigenvalue weighted by atomic mass is 10.2. The molecule has 1 aliphatic heterocycles. The van der Waals surface area contributed by atoms with Gasteiger partial charge < -0.3 is 10.1 Å². The number of benzene rings is 1. The summed E-state index contributed by atoms with van der Waals surface area (Å²) >= 11 is 0. The van der Waals surface area contributed by atoms with Crippen molar-refractivity contribution < 1.29 is 14.3 Å². The topological polar surface area (TPSA) is 67.4 Å². The predicted molar refractivity (Wildman–Crippen MR) is 58.2 cm³/mol. The van der Waals surface area contributed by atoms with Crippen LogP contribution in [0.15, 0.2) is 24.3 Å². The van der Waals surface area contributed by atoms with Gasteiger partial charge in [-0.15, -0.1) is 0 Å². The van der Waals surface area contributed by atoms with Gasteiger partial charge in [-0.05, 0) is 12.1 Å². The zero-order valence-corrected chi connectivity index (χ0v) is 8.82. The van der Waals surface area contributed by atoms with Crippen LogP contribution >= 0.6 is 0 Å². The average Bonchev–Trinajstić information content (AvgIpc) is 2.58. The monoisotopic (exact) mass is 220 g/mol. The first-order valence-corrected chi connectivity index (χ1v) is 4.93. The van der Waals surface area contributed by atoms with E-state index in [1.165, 1.54) is 0 Å². The van der Waals surface area contributed by atoms with E-state index < -0.39 is 6.04 Å². The summed E-state index contributed by atoms with van der Waals surface area (Å²) in [6.45, 7) is 0. The fourth-order valence-corrected chi connectivity index (χ4v) is 1.58. The zero-order chi connectivity index (χ0) is 11.5. The molecule has 1 aromatic rings. The predicted octanol–water partition coefficient (Wildman–Crippen LogP) is 0.522. The molecule has 0 bridgehead atoms. The van der Waals surface area contributed by atoms with Crippen LogP contribution in [0.4, 0.5) is 5.69 Å². The van der Waals surface area contributed by atoms with Crippen molar-refractivity contribution in [1.29, 1.82) is 0 Å². The fraction of sp³-hybridized carbons (Fsp3) is 0.273. The summed E-state index contributed by atoms with van der Waals surface area (Å²) in [5.41, 5.74) is 0.759. The van der Waals surface area contributed by atoms with Gasteiger partial charge in [0.2, 0.25) is 11.8 Å². The maximum absolute atomic E-state index is 11.3. The minimum atomic E-state index is -0.486. The second kappa shape index (κ2) is 4.22. The smallest absolute Gasteiger partial charge is 0.249 e. The molecule has 1 fully saturated rings. The standard InChI is InChI=1S/C11H12N2O3/c1-16-8-4-2-3-7(5-8)12-9-6-10(14)13-11(9)15/h2-5,9,12H,6H2,1H3,(H,13,14,15). The van der Waals surface area contributed by atoms with Gasteiger partial charge in [-0.1, -0.05) is 6.07 Å². The summed E-state index contributed by atoms with van der Waals surface area (Å²) in [6, 6.07) is 6.73. The molecule has 0 aliphatic carbocycles. The molecule has 0 spiro atoms. The van der Waals surface area contributed by atoms with E-state index in [-0.39, 0.29) is 18.2 Å². The van der Waals surface area contributed by atoms with Crippen molar-refractivity contribution in [2.45, 2.75) is 12.5 Å². The van der Waals surface area contributed by atoms with Crippen molar-refractivity contribution in [3.63, 3.8) is 0 Å². The van der Waals surface area contributed by atoms with Crippen molar-refractivity contribution in [2.24, 2.45) is 0 Å². The molecule has 1 heterocycles. The van der Waals surface area contributed by atoms with Gasteiger partial charge in [-0.25, -0.2) is 0 Å². The molecule has 1 saturated heterocycles. The van der Waals surface area contributed by atoms with Crippen LogP contribution in [0.2, 0.25) is 0 Å². The molecule has 1 atom stereocenters. The Kier molecular flexibility index (Phi) is 2.76. The Balaban J connectivity index is 2.09. The third kappa shape index (κ3) is 2.13. The van der Waals surface area contributed by atoms with Crippen molar-refractivity contribution in [2.75, 3.05) is 12.4 Å². The summed E-state index contributed by atoms with van der Waals surface area (Å²) in [5, 5.41) is 5.23. The number of nitrogens with one attached hydrogen (secondary N) is 2. The third-order valence-corrected chi connectivity index (χ3v) is 2.38. The van der Waals surface area contributed by atoms with Gasteiger partial charge in [0.05, 0.1) is 13.5 Å². The summed E-state index contributed by atoms with van der Waals surface area (Å²) in [4.78, 5) is 22.3. The van der Waals surface area contributed by atoms with Crippen LogP contribution in [0.5, 0.6) is 5.75 Å². The van der Waals surface area contributed by atoms with Crippen molar-refractivity contribution in [1.82, 2.24) is 5.32 Å². The van der Waals surface area contributed by atoms with Crippen LogP contribution in [0.1, 0.15) is 6.42 Å². The second-order valence-corrected chi connectivity index (χ2v) is 3.55.